The van der Waals surface area contributed by atoms with Crippen LogP contribution in [0.5, 0.6) is 0 Å². The maximum absolute atomic E-state index is 11.6. The Bertz CT molecular complexity index is 273. The van der Waals surface area contributed by atoms with Gasteiger partial charge in [-0.05, 0) is 25.2 Å². The minimum absolute atomic E-state index is 0.212. The zero-order chi connectivity index (χ0) is 12.8. The Morgan fingerprint density at radius 3 is 2.35 bits per heavy atom. The van der Waals surface area contributed by atoms with Gasteiger partial charge in [0, 0.05) is 6.04 Å². The van der Waals surface area contributed by atoms with Crippen molar-refractivity contribution < 1.29 is 14.7 Å². The number of urea groups is 1. The molecule has 5 heteroatoms. The first-order valence-corrected chi connectivity index (χ1v) is 6.29. The molecule has 0 heterocycles. The molecule has 1 aliphatic rings. The fourth-order valence-electron chi connectivity index (χ4n) is 2.15. The van der Waals surface area contributed by atoms with E-state index in [-0.39, 0.29) is 18.0 Å². The van der Waals surface area contributed by atoms with Gasteiger partial charge in [-0.3, -0.25) is 0 Å². The van der Waals surface area contributed by atoms with Gasteiger partial charge in [-0.2, -0.15) is 0 Å². The molecule has 98 valence electrons. The molecule has 0 bridgehead atoms. The first-order chi connectivity index (χ1) is 7.99. The molecule has 1 rings (SSSR count). The minimum Gasteiger partial charge on any atom is -0.480 e. The van der Waals surface area contributed by atoms with E-state index in [0.717, 1.165) is 25.7 Å². The molecule has 0 spiro atoms. The summed E-state index contributed by atoms with van der Waals surface area (Å²) in [6.45, 7) is 3.87. The predicted octanol–water partition coefficient (Wildman–Crippen LogP) is 1.73. The van der Waals surface area contributed by atoms with E-state index in [9.17, 15) is 9.59 Å². The highest BCUT2D eigenvalue weighted by Gasteiger charge is 2.23. The Labute approximate surface area is 102 Å². The number of nitrogens with one attached hydrogen (secondary N) is 2. The number of aliphatic carboxylic acids is 1. The van der Waals surface area contributed by atoms with Crippen molar-refractivity contribution >= 4 is 12.0 Å². The second-order valence-electron chi connectivity index (χ2n) is 5.12. The van der Waals surface area contributed by atoms with E-state index < -0.39 is 12.0 Å². The van der Waals surface area contributed by atoms with Crippen LogP contribution in [-0.2, 0) is 4.79 Å². The standard InChI is InChI=1S/C12H22N2O3/c1-8(2)7-10(11(15)16)14-12(17)13-9-5-3-4-6-9/h8-10H,3-7H2,1-2H3,(H,15,16)(H2,13,14,17)/t10-/m1/s1. The normalized spacial score (nSPS) is 18.1. The number of carboxylic acids is 1. The maximum atomic E-state index is 11.6. The summed E-state index contributed by atoms with van der Waals surface area (Å²) in [6, 6.07) is -0.940. The lowest BCUT2D eigenvalue weighted by Gasteiger charge is -2.19. The molecular weight excluding hydrogens is 220 g/mol. The van der Waals surface area contributed by atoms with E-state index in [2.05, 4.69) is 10.6 Å². The SMILES string of the molecule is CC(C)C[C@@H](NC(=O)NC1CCCC1)C(=O)O. The monoisotopic (exact) mass is 242 g/mol. The first-order valence-electron chi connectivity index (χ1n) is 6.29. The summed E-state index contributed by atoms with van der Waals surface area (Å²) < 4.78 is 0. The van der Waals surface area contributed by atoms with E-state index >= 15 is 0 Å². The van der Waals surface area contributed by atoms with Crippen LogP contribution in [0.2, 0.25) is 0 Å². The van der Waals surface area contributed by atoms with Crippen LogP contribution in [0.1, 0.15) is 46.0 Å². The largest absolute Gasteiger partial charge is 0.480 e. The summed E-state index contributed by atoms with van der Waals surface area (Å²) >= 11 is 0. The lowest BCUT2D eigenvalue weighted by atomic mass is 10.0. The van der Waals surface area contributed by atoms with Crippen LogP contribution >= 0.6 is 0 Å². The lowest BCUT2D eigenvalue weighted by molar-refractivity contribution is -0.139. The van der Waals surface area contributed by atoms with Crippen molar-refractivity contribution in [3.05, 3.63) is 0 Å². The van der Waals surface area contributed by atoms with Crippen molar-refractivity contribution in [3.8, 4) is 0 Å². The molecule has 1 saturated carbocycles. The molecule has 3 N–H and O–H groups in total. The van der Waals surface area contributed by atoms with Gasteiger partial charge in [0.1, 0.15) is 6.04 Å². The number of hydrogen-bond donors (Lipinski definition) is 3. The van der Waals surface area contributed by atoms with E-state index in [1.54, 1.807) is 0 Å². The molecule has 0 saturated heterocycles. The summed E-state index contributed by atoms with van der Waals surface area (Å²) in [5.41, 5.74) is 0. The molecule has 17 heavy (non-hydrogen) atoms. The number of carbonyl (C=O) groups is 2. The fourth-order valence-corrected chi connectivity index (χ4v) is 2.15. The summed E-state index contributed by atoms with van der Waals surface area (Å²) in [5.74, 6) is -0.733. The van der Waals surface area contributed by atoms with Gasteiger partial charge in [-0.25, -0.2) is 9.59 Å². The predicted molar refractivity (Wildman–Crippen MR) is 64.8 cm³/mol. The molecule has 0 radical (unpaired) electrons. The lowest BCUT2D eigenvalue weighted by Crippen LogP contribution is -2.48. The molecule has 0 aromatic carbocycles. The van der Waals surface area contributed by atoms with Crippen LogP contribution in [0.3, 0.4) is 0 Å². The number of carbonyl (C=O) groups excluding carboxylic acids is 1. The van der Waals surface area contributed by atoms with Crippen molar-refractivity contribution in [2.45, 2.75) is 58.0 Å². The van der Waals surface area contributed by atoms with Gasteiger partial charge in [0.05, 0.1) is 0 Å². The number of amides is 2. The van der Waals surface area contributed by atoms with Gasteiger partial charge in [-0.15, -0.1) is 0 Å². The number of carboxylic acid groups (broad SMARTS) is 1. The zero-order valence-electron chi connectivity index (χ0n) is 10.5. The van der Waals surface area contributed by atoms with Crippen LogP contribution in [0.15, 0.2) is 0 Å². The van der Waals surface area contributed by atoms with Gasteiger partial charge in [0.25, 0.3) is 0 Å². The van der Waals surface area contributed by atoms with Crippen molar-refractivity contribution in [2.75, 3.05) is 0 Å². The Morgan fingerprint density at radius 1 is 1.29 bits per heavy atom. The van der Waals surface area contributed by atoms with Crippen molar-refractivity contribution in [3.63, 3.8) is 0 Å². The second-order valence-corrected chi connectivity index (χ2v) is 5.12. The molecule has 5 nitrogen and oxygen atoms in total. The minimum atomic E-state index is -0.972. The van der Waals surface area contributed by atoms with Crippen LogP contribution < -0.4 is 10.6 Å². The molecular formula is C12H22N2O3. The maximum Gasteiger partial charge on any atom is 0.326 e. The summed E-state index contributed by atoms with van der Waals surface area (Å²) in [5, 5.41) is 14.3. The third-order valence-electron chi connectivity index (χ3n) is 3.00. The number of hydrogen-bond acceptors (Lipinski definition) is 2. The van der Waals surface area contributed by atoms with Crippen molar-refractivity contribution in [1.82, 2.24) is 10.6 Å². The molecule has 0 unspecified atom stereocenters. The van der Waals surface area contributed by atoms with E-state index in [1.165, 1.54) is 0 Å². The molecule has 0 aromatic rings. The molecule has 1 aliphatic carbocycles. The topological polar surface area (TPSA) is 78.4 Å². The van der Waals surface area contributed by atoms with E-state index in [1.807, 2.05) is 13.8 Å². The Balaban J connectivity index is 2.37. The smallest absolute Gasteiger partial charge is 0.326 e. The van der Waals surface area contributed by atoms with E-state index in [0.29, 0.717) is 6.42 Å². The Morgan fingerprint density at radius 2 is 1.88 bits per heavy atom. The highest BCUT2D eigenvalue weighted by Crippen LogP contribution is 2.17. The molecule has 1 fully saturated rings. The fraction of sp³-hybridized carbons (Fsp3) is 0.833. The Hall–Kier alpha value is -1.26. The van der Waals surface area contributed by atoms with Crippen LogP contribution in [0.4, 0.5) is 4.79 Å². The third kappa shape index (κ3) is 5.06. The van der Waals surface area contributed by atoms with Gasteiger partial charge in [0.15, 0.2) is 0 Å². The van der Waals surface area contributed by atoms with Crippen LogP contribution in [-0.4, -0.2) is 29.2 Å². The second kappa shape index (κ2) is 6.47. The molecule has 2 amide bonds. The number of rotatable bonds is 5. The van der Waals surface area contributed by atoms with Crippen molar-refractivity contribution in [2.24, 2.45) is 5.92 Å². The van der Waals surface area contributed by atoms with Gasteiger partial charge in [0.2, 0.25) is 0 Å². The van der Waals surface area contributed by atoms with Gasteiger partial charge in [-0.1, -0.05) is 26.7 Å². The van der Waals surface area contributed by atoms with Crippen LogP contribution in [0, 0.1) is 5.92 Å². The average molecular weight is 242 g/mol. The third-order valence-corrected chi connectivity index (χ3v) is 3.00. The first kappa shape index (κ1) is 13.8. The molecule has 0 aliphatic heterocycles. The highest BCUT2D eigenvalue weighted by molar-refractivity contribution is 5.82. The molecule has 0 aromatic heterocycles. The van der Waals surface area contributed by atoms with Gasteiger partial charge < -0.3 is 15.7 Å². The van der Waals surface area contributed by atoms with Crippen molar-refractivity contribution in [1.29, 1.82) is 0 Å². The van der Waals surface area contributed by atoms with Gasteiger partial charge >= 0.3 is 12.0 Å². The summed E-state index contributed by atoms with van der Waals surface area (Å²) in [6.07, 6.45) is 4.72. The van der Waals surface area contributed by atoms with Crippen LogP contribution in [0.25, 0.3) is 0 Å². The Kier molecular flexibility index (Phi) is 5.25. The summed E-state index contributed by atoms with van der Waals surface area (Å²) in [7, 11) is 0. The summed E-state index contributed by atoms with van der Waals surface area (Å²) in [4.78, 5) is 22.6. The highest BCUT2D eigenvalue weighted by atomic mass is 16.4. The zero-order valence-corrected chi connectivity index (χ0v) is 10.5. The molecule has 1 atom stereocenters. The van der Waals surface area contributed by atoms with E-state index in [4.69, 9.17) is 5.11 Å². The average Bonchev–Trinajstić information content (AvgIpc) is 2.68. The quantitative estimate of drug-likeness (QED) is 0.687.